The molecule has 0 aliphatic heterocycles. The SMILES string of the molecule is CC(C)(C)[S@@](=O)N=Cc1cc(F)ccc1F. The molecule has 0 bridgehead atoms. The lowest BCUT2D eigenvalue weighted by atomic mass is 10.2. The predicted octanol–water partition coefficient (Wildman–Crippen LogP) is 2.85. The Hall–Kier alpha value is -1.10. The van der Waals surface area contributed by atoms with Gasteiger partial charge in [0.1, 0.15) is 22.6 Å². The van der Waals surface area contributed by atoms with Crippen LogP contribution in [0.15, 0.2) is 22.6 Å². The Bertz CT molecular complexity index is 438. The van der Waals surface area contributed by atoms with Gasteiger partial charge in [0.15, 0.2) is 0 Å². The van der Waals surface area contributed by atoms with Crippen molar-refractivity contribution in [1.82, 2.24) is 0 Å². The average Bonchev–Trinajstić information content (AvgIpc) is 2.17. The van der Waals surface area contributed by atoms with Crippen LogP contribution in [-0.2, 0) is 11.0 Å². The molecule has 1 aromatic rings. The van der Waals surface area contributed by atoms with E-state index in [0.29, 0.717) is 0 Å². The summed E-state index contributed by atoms with van der Waals surface area (Å²) in [6.07, 6.45) is 1.10. The minimum absolute atomic E-state index is 0.00222. The third-order valence-corrected chi connectivity index (χ3v) is 3.11. The molecule has 0 amide bonds. The highest BCUT2D eigenvalue weighted by Gasteiger charge is 2.18. The zero-order valence-corrected chi connectivity index (χ0v) is 10.1. The number of hydrogen-bond acceptors (Lipinski definition) is 1. The molecule has 0 aliphatic carbocycles. The first-order valence-electron chi connectivity index (χ1n) is 4.72. The first kappa shape index (κ1) is 13.0. The van der Waals surface area contributed by atoms with Crippen molar-refractivity contribution in [3.63, 3.8) is 0 Å². The van der Waals surface area contributed by atoms with Gasteiger partial charge < -0.3 is 0 Å². The maximum atomic E-state index is 13.2. The number of nitrogens with zero attached hydrogens (tertiary/aromatic N) is 1. The van der Waals surface area contributed by atoms with Crippen molar-refractivity contribution >= 4 is 17.2 Å². The van der Waals surface area contributed by atoms with Crippen LogP contribution in [0.3, 0.4) is 0 Å². The topological polar surface area (TPSA) is 29.4 Å². The van der Waals surface area contributed by atoms with Crippen LogP contribution in [0.25, 0.3) is 0 Å². The second-order valence-corrected chi connectivity index (χ2v) is 6.20. The lowest BCUT2D eigenvalue weighted by Crippen LogP contribution is -2.19. The molecule has 0 radical (unpaired) electrons. The van der Waals surface area contributed by atoms with Crippen LogP contribution in [0.4, 0.5) is 8.78 Å². The summed E-state index contributed by atoms with van der Waals surface area (Å²) >= 11 is 0. The maximum Gasteiger partial charge on any atom is 0.144 e. The smallest absolute Gasteiger partial charge is 0.144 e. The van der Waals surface area contributed by atoms with Gasteiger partial charge in [0.25, 0.3) is 0 Å². The number of benzene rings is 1. The average molecular weight is 245 g/mol. The Morgan fingerprint density at radius 2 is 1.94 bits per heavy atom. The van der Waals surface area contributed by atoms with Crippen molar-refractivity contribution in [3.8, 4) is 0 Å². The molecular formula is C11H13F2NOS. The fourth-order valence-electron chi connectivity index (χ4n) is 0.876. The Morgan fingerprint density at radius 1 is 1.31 bits per heavy atom. The molecule has 0 spiro atoms. The first-order valence-corrected chi connectivity index (χ1v) is 5.82. The second kappa shape index (κ2) is 4.82. The van der Waals surface area contributed by atoms with Gasteiger partial charge in [0.2, 0.25) is 0 Å². The minimum atomic E-state index is -1.47. The van der Waals surface area contributed by atoms with Crippen molar-refractivity contribution in [2.45, 2.75) is 25.5 Å². The zero-order chi connectivity index (χ0) is 12.3. The Morgan fingerprint density at radius 3 is 2.50 bits per heavy atom. The van der Waals surface area contributed by atoms with E-state index in [0.717, 1.165) is 24.4 Å². The van der Waals surface area contributed by atoms with Gasteiger partial charge in [-0.1, -0.05) is 0 Å². The lowest BCUT2D eigenvalue weighted by molar-refractivity contribution is 0.598. The van der Waals surface area contributed by atoms with Crippen LogP contribution in [-0.4, -0.2) is 15.2 Å². The quantitative estimate of drug-likeness (QED) is 0.737. The highest BCUT2D eigenvalue weighted by molar-refractivity contribution is 7.85. The van der Waals surface area contributed by atoms with E-state index in [1.54, 1.807) is 20.8 Å². The van der Waals surface area contributed by atoms with E-state index in [-0.39, 0.29) is 5.56 Å². The molecule has 0 unspecified atom stereocenters. The number of halogens is 2. The molecule has 0 aromatic heterocycles. The maximum absolute atomic E-state index is 13.2. The molecule has 88 valence electrons. The van der Waals surface area contributed by atoms with Crippen LogP contribution < -0.4 is 0 Å². The van der Waals surface area contributed by atoms with Crippen molar-refractivity contribution in [3.05, 3.63) is 35.4 Å². The van der Waals surface area contributed by atoms with Crippen LogP contribution in [0.5, 0.6) is 0 Å². The van der Waals surface area contributed by atoms with Gasteiger partial charge in [-0.05, 0) is 39.0 Å². The zero-order valence-electron chi connectivity index (χ0n) is 9.33. The Balaban J connectivity index is 2.93. The lowest BCUT2D eigenvalue weighted by Gasteiger charge is -2.12. The molecule has 16 heavy (non-hydrogen) atoms. The van der Waals surface area contributed by atoms with E-state index in [1.165, 1.54) is 0 Å². The fourth-order valence-corrected chi connectivity index (χ4v) is 1.40. The Kier molecular flexibility index (Phi) is 3.91. The van der Waals surface area contributed by atoms with Gasteiger partial charge in [-0.2, -0.15) is 4.40 Å². The summed E-state index contributed by atoms with van der Waals surface area (Å²) in [6, 6.07) is 3.04. The van der Waals surface area contributed by atoms with E-state index < -0.39 is 27.4 Å². The van der Waals surface area contributed by atoms with Crippen LogP contribution in [0, 0.1) is 11.6 Å². The van der Waals surface area contributed by atoms with Gasteiger partial charge in [-0.15, -0.1) is 0 Å². The third-order valence-electron chi connectivity index (χ3n) is 1.77. The largest absolute Gasteiger partial charge is 0.234 e. The number of rotatable bonds is 2. The van der Waals surface area contributed by atoms with Gasteiger partial charge in [0.05, 0.1) is 4.75 Å². The summed E-state index contributed by atoms with van der Waals surface area (Å²) in [4.78, 5) is 0. The molecule has 0 saturated heterocycles. The Labute approximate surface area is 96.0 Å². The molecule has 5 heteroatoms. The third kappa shape index (κ3) is 3.48. The first-order chi connectivity index (χ1) is 7.30. The van der Waals surface area contributed by atoms with E-state index in [2.05, 4.69) is 4.40 Å². The molecule has 1 rings (SSSR count). The monoisotopic (exact) mass is 245 g/mol. The van der Waals surface area contributed by atoms with E-state index >= 15 is 0 Å². The number of hydrogen-bond donors (Lipinski definition) is 0. The molecule has 0 N–H and O–H groups in total. The summed E-state index contributed by atoms with van der Waals surface area (Å²) in [5.41, 5.74) is -0.00222. The van der Waals surface area contributed by atoms with Gasteiger partial charge in [-0.25, -0.2) is 13.0 Å². The van der Waals surface area contributed by atoms with Gasteiger partial charge in [0, 0.05) is 11.8 Å². The van der Waals surface area contributed by atoms with Gasteiger partial charge in [-0.3, -0.25) is 0 Å². The van der Waals surface area contributed by atoms with Crippen molar-refractivity contribution in [2.24, 2.45) is 4.40 Å². The molecule has 0 fully saturated rings. The summed E-state index contributed by atoms with van der Waals surface area (Å²) in [5, 5.41) is 0. The summed E-state index contributed by atoms with van der Waals surface area (Å²) < 4.78 is 40.7. The van der Waals surface area contributed by atoms with E-state index in [4.69, 9.17) is 0 Å². The minimum Gasteiger partial charge on any atom is -0.234 e. The van der Waals surface area contributed by atoms with Crippen LogP contribution >= 0.6 is 0 Å². The summed E-state index contributed by atoms with van der Waals surface area (Å²) in [6.45, 7) is 5.26. The molecule has 1 atom stereocenters. The molecule has 0 heterocycles. The normalized spacial score (nSPS) is 14.3. The summed E-state index contributed by atoms with van der Waals surface area (Å²) in [7, 11) is -1.47. The molecule has 0 saturated carbocycles. The van der Waals surface area contributed by atoms with Gasteiger partial charge >= 0.3 is 0 Å². The molecular weight excluding hydrogens is 232 g/mol. The molecule has 0 aliphatic rings. The predicted molar refractivity (Wildman–Crippen MR) is 61.8 cm³/mol. The standard InChI is InChI=1S/C11H13F2NOS/c1-11(2,3)16(15)14-7-8-6-9(12)4-5-10(8)13/h4-7H,1-3H3/t16-/m1/s1. The summed E-state index contributed by atoms with van der Waals surface area (Å²) in [5.74, 6) is -1.14. The van der Waals surface area contributed by atoms with E-state index in [1.807, 2.05) is 0 Å². The highest BCUT2D eigenvalue weighted by atomic mass is 32.2. The van der Waals surface area contributed by atoms with E-state index in [9.17, 15) is 13.0 Å². The van der Waals surface area contributed by atoms with Crippen LogP contribution in [0.1, 0.15) is 26.3 Å². The second-order valence-electron chi connectivity index (χ2n) is 4.26. The fraction of sp³-hybridized carbons (Fsp3) is 0.364. The molecule has 1 aromatic carbocycles. The highest BCUT2D eigenvalue weighted by Crippen LogP contribution is 2.13. The van der Waals surface area contributed by atoms with Crippen molar-refractivity contribution < 1.29 is 13.0 Å². The van der Waals surface area contributed by atoms with Crippen molar-refractivity contribution in [1.29, 1.82) is 0 Å². The van der Waals surface area contributed by atoms with Crippen molar-refractivity contribution in [2.75, 3.05) is 0 Å². The van der Waals surface area contributed by atoms with Crippen LogP contribution in [0.2, 0.25) is 0 Å². The molecule has 2 nitrogen and oxygen atoms in total.